The number of alkyl carbamates (subject to hydrolysis) is 1. The Balaban J connectivity index is 1.11. The van der Waals surface area contributed by atoms with E-state index in [0.717, 1.165) is 16.7 Å². The molecule has 9 amide bonds. The first kappa shape index (κ1) is 84.5. The first-order chi connectivity index (χ1) is 54.0. The normalized spacial score (nSPS) is 13.8. The van der Waals surface area contributed by atoms with Crippen LogP contribution in [0.15, 0.2) is 237 Å². The maximum atomic E-state index is 15.9. The quantitative estimate of drug-likeness (QED) is 0.0133. The number of hydrogen-bond donors (Lipinski definition) is 9. The molecule has 25 heteroatoms. The number of benzene rings is 7. The van der Waals surface area contributed by atoms with E-state index >= 15 is 28.8 Å². The van der Waals surface area contributed by atoms with E-state index in [1.54, 1.807) is 117 Å². The number of imidazole rings is 2. The number of nitrogens with zero attached hydrogens (tertiary/aromatic N) is 4. The fourth-order valence-electron chi connectivity index (χ4n) is 13.7. The van der Waals surface area contributed by atoms with Gasteiger partial charge in [-0.15, -0.1) is 0 Å². The Bertz CT molecular complexity index is 4480. The maximum Gasteiger partial charge on any atom is 0.408 e. The molecule has 2 aromatic heterocycles. The lowest BCUT2D eigenvalue weighted by Gasteiger charge is -2.37. The van der Waals surface area contributed by atoms with Gasteiger partial charge in [0.15, 0.2) is 0 Å². The molecular formula is C88H103N13O12. The van der Waals surface area contributed by atoms with Gasteiger partial charge in [0.1, 0.15) is 65.0 Å². The minimum atomic E-state index is -1.80. The van der Waals surface area contributed by atoms with Gasteiger partial charge in [0.05, 0.1) is 31.9 Å². The molecule has 9 aromatic rings. The first-order valence-electron chi connectivity index (χ1n) is 37.9. The van der Waals surface area contributed by atoms with Crippen LogP contribution in [0.1, 0.15) is 126 Å². The summed E-state index contributed by atoms with van der Waals surface area (Å²) in [7, 11) is 2.89. The zero-order chi connectivity index (χ0) is 81.6. The average molecular weight is 1530 g/mol. The van der Waals surface area contributed by atoms with Crippen LogP contribution >= 0.6 is 0 Å². The second-order valence-electron chi connectivity index (χ2n) is 30.1. The number of hydrogen-bond acceptors (Lipinski definition) is 14. The van der Waals surface area contributed by atoms with Crippen molar-refractivity contribution in [2.75, 3.05) is 7.11 Å². The molecule has 0 spiro atoms. The molecule has 0 saturated heterocycles. The van der Waals surface area contributed by atoms with Gasteiger partial charge in [0.25, 0.3) is 0 Å². The van der Waals surface area contributed by atoms with Crippen LogP contribution < -0.4 is 47.9 Å². The number of carbonyl (C=O) groups is 10. The van der Waals surface area contributed by atoms with Crippen molar-refractivity contribution >= 4 is 59.3 Å². The number of rotatable bonds is 35. The second kappa shape index (κ2) is 38.9. The van der Waals surface area contributed by atoms with Crippen molar-refractivity contribution in [2.45, 2.75) is 160 Å². The second-order valence-corrected chi connectivity index (χ2v) is 30.1. The van der Waals surface area contributed by atoms with E-state index in [2.05, 4.69) is 52.8 Å². The molecule has 9 N–H and O–H groups in total. The van der Waals surface area contributed by atoms with E-state index in [4.69, 9.17) is 14.5 Å². The lowest BCUT2D eigenvalue weighted by Crippen LogP contribution is -2.62. The zero-order valence-corrected chi connectivity index (χ0v) is 65.9. The number of amides is 9. The van der Waals surface area contributed by atoms with Crippen molar-refractivity contribution in [1.29, 1.82) is 0 Å². The van der Waals surface area contributed by atoms with Crippen LogP contribution in [0.3, 0.4) is 0 Å². The fraction of sp³-hybridized carbons (Fsp3) is 0.341. The Morgan fingerprint density at radius 3 is 1.19 bits per heavy atom. The van der Waals surface area contributed by atoms with Crippen LogP contribution in [0.25, 0.3) is 0 Å². The number of aryl methyl sites for hydroxylation is 1. The van der Waals surface area contributed by atoms with E-state index in [0.29, 0.717) is 33.6 Å². The molecule has 0 saturated carbocycles. The maximum absolute atomic E-state index is 15.9. The van der Waals surface area contributed by atoms with Crippen molar-refractivity contribution < 1.29 is 57.4 Å². The Hall–Kier alpha value is -12.5. The molecule has 8 atom stereocenters. The number of aromatic nitrogens is 4. The summed E-state index contributed by atoms with van der Waals surface area (Å²) in [6.45, 7) is 16.5. The summed E-state index contributed by atoms with van der Waals surface area (Å²) in [4.78, 5) is 157. The van der Waals surface area contributed by atoms with Crippen LogP contribution in [-0.2, 0) is 90.0 Å². The zero-order valence-electron chi connectivity index (χ0n) is 65.9. The summed E-state index contributed by atoms with van der Waals surface area (Å²) < 4.78 is 14.0. The van der Waals surface area contributed by atoms with E-state index in [1.165, 1.54) is 26.6 Å². The average Bonchev–Trinajstić information content (AvgIpc) is 1.72. The summed E-state index contributed by atoms with van der Waals surface area (Å²) in [5.74, 6) is -9.27. The monoisotopic (exact) mass is 1530 g/mol. The van der Waals surface area contributed by atoms with E-state index < -0.39 is 149 Å². The van der Waals surface area contributed by atoms with Gasteiger partial charge in [0.2, 0.25) is 47.3 Å². The van der Waals surface area contributed by atoms with E-state index in [1.807, 2.05) is 187 Å². The summed E-state index contributed by atoms with van der Waals surface area (Å²) in [6.07, 6.45) is 4.11. The van der Waals surface area contributed by atoms with Crippen molar-refractivity contribution in [3.05, 3.63) is 288 Å². The standard InChI is InChI=1S/C88H103N13O12/c1-56(2)74(81(107)91-59(7)84(110)112-12)98-83(109)76(58(5)6)97-79(105)69(48-60-34-20-13-21-35-60)92-77(103)70(49-67-53-101(55-90-67)88(64-42-28-17-29-43-64,65-44-30-18-31-45-65)66-46-32-19-33-47-66)94-82(108)75(57(3)4)96-80(106)72(93-78(104)71(50-68-52-89-54-100(68)11)95-85(111)113-86(8,9)10)51-73(102)99-87(61-36-22-14-23-37-61,62-38-24-15-25-39-62)63-40-26-16-27-41-63/h13-47,52-59,69-72,74-76H,48-51H2,1-12H3,(H,91,107)(H,92,103)(H,93,104)(H,94,108)(H,95,111)(H,96,106)(H,97,105)(H,98,109)(H,99,102)/t59-,69+,70-,71-,72-,74+,75+,76+/m0/s1. The summed E-state index contributed by atoms with van der Waals surface area (Å²) in [6, 6.07) is 54.6. The van der Waals surface area contributed by atoms with Crippen molar-refractivity contribution in [1.82, 2.24) is 67.0 Å². The van der Waals surface area contributed by atoms with Crippen LogP contribution in [-0.4, -0.2) is 139 Å². The molecular weight excluding hydrogens is 1430 g/mol. The SMILES string of the molecule is COC(=O)[C@H](C)NC(=O)[C@H](NC(=O)[C@H](NC(=O)[C@@H](Cc1ccccc1)NC(=O)[C@H](Cc1cn(C(c2ccccc2)(c2ccccc2)c2ccccc2)cn1)NC(=O)[C@H](NC(=O)[C@H](CC(=O)NC(c1ccccc1)(c1ccccc1)c1ccccc1)NC(=O)[C@H](Cc1cncn1C)NC(=O)OC(C)(C)C)C(C)C)C(C)C)C(C)C. The molecule has 25 nitrogen and oxygen atoms in total. The highest BCUT2D eigenvalue weighted by Gasteiger charge is 2.43. The topological polar surface area (TPSA) is 333 Å². The van der Waals surface area contributed by atoms with Crippen molar-refractivity contribution in [3.63, 3.8) is 0 Å². The van der Waals surface area contributed by atoms with Crippen molar-refractivity contribution in [2.24, 2.45) is 24.8 Å². The third-order valence-electron chi connectivity index (χ3n) is 19.5. The van der Waals surface area contributed by atoms with Crippen molar-refractivity contribution in [3.8, 4) is 0 Å². The molecule has 7 aromatic carbocycles. The van der Waals surface area contributed by atoms with Gasteiger partial charge in [-0.1, -0.05) is 254 Å². The Morgan fingerprint density at radius 1 is 0.416 bits per heavy atom. The molecule has 0 bridgehead atoms. The molecule has 0 radical (unpaired) electrons. The summed E-state index contributed by atoms with van der Waals surface area (Å²) in [5, 5.41) is 25.6. The van der Waals surface area contributed by atoms with Gasteiger partial charge in [-0.25, -0.2) is 19.6 Å². The third-order valence-corrected chi connectivity index (χ3v) is 19.5. The van der Waals surface area contributed by atoms with Gasteiger partial charge >= 0.3 is 12.1 Å². The Labute approximate surface area is 660 Å². The molecule has 0 unspecified atom stereocenters. The summed E-state index contributed by atoms with van der Waals surface area (Å²) >= 11 is 0. The highest BCUT2D eigenvalue weighted by Crippen LogP contribution is 2.41. The van der Waals surface area contributed by atoms with Gasteiger partial charge < -0.3 is 66.5 Å². The number of ether oxygens (including phenoxy) is 2. The lowest BCUT2D eigenvalue weighted by molar-refractivity contribution is -0.145. The molecule has 9 rings (SSSR count). The number of methoxy groups -OCH3 is 1. The van der Waals surface area contributed by atoms with Gasteiger partial charge in [-0.3, -0.25) is 38.4 Å². The first-order valence-corrected chi connectivity index (χ1v) is 37.9. The third kappa shape index (κ3) is 21.7. The van der Waals surface area contributed by atoms with Crippen LogP contribution in [0.4, 0.5) is 4.79 Å². The number of nitrogens with one attached hydrogen (secondary N) is 9. The highest BCUT2D eigenvalue weighted by molar-refractivity contribution is 5.99. The van der Waals surface area contributed by atoms with E-state index in [-0.39, 0.29) is 19.3 Å². The van der Waals surface area contributed by atoms with Gasteiger partial charge in [-0.2, -0.15) is 0 Å². The van der Waals surface area contributed by atoms with Crippen LogP contribution in [0.2, 0.25) is 0 Å². The highest BCUT2D eigenvalue weighted by atomic mass is 16.6. The number of esters is 1. The van der Waals surface area contributed by atoms with Crippen LogP contribution in [0, 0.1) is 17.8 Å². The molecule has 0 aliphatic rings. The molecule has 0 aliphatic carbocycles. The minimum Gasteiger partial charge on any atom is -0.467 e. The summed E-state index contributed by atoms with van der Waals surface area (Å²) in [5.41, 5.74) is 2.44. The number of carbonyl (C=O) groups excluding carboxylic acids is 10. The van der Waals surface area contributed by atoms with Crippen LogP contribution in [0.5, 0.6) is 0 Å². The molecule has 113 heavy (non-hydrogen) atoms. The molecule has 0 aliphatic heterocycles. The lowest BCUT2D eigenvalue weighted by atomic mass is 9.77. The minimum absolute atomic E-state index is 0.138. The fourth-order valence-corrected chi connectivity index (χ4v) is 13.7. The largest absolute Gasteiger partial charge is 0.467 e. The van der Waals surface area contributed by atoms with Gasteiger partial charge in [-0.05, 0) is 84.4 Å². The molecule has 0 fully saturated rings. The molecule has 592 valence electrons. The Morgan fingerprint density at radius 2 is 0.779 bits per heavy atom. The van der Waals surface area contributed by atoms with Gasteiger partial charge in [0, 0.05) is 44.4 Å². The molecule has 2 heterocycles. The van der Waals surface area contributed by atoms with E-state index in [9.17, 15) is 19.2 Å². The Kier molecular flexibility index (Phi) is 29.1. The predicted molar refractivity (Wildman–Crippen MR) is 428 cm³/mol. The smallest absolute Gasteiger partial charge is 0.408 e. The predicted octanol–water partition coefficient (Wildman–Crippen LogP) is 8.43.